The van der Waals surface area contributed by atoms with Gasteiger partial charge >= 0.3 is 0 Å². The van der Waals surface area contributed by atoms with Gasteiger partial charge in [0.15, 0.2) is 0 Å². The topological polar surface area (TPSA) is 54.4 Å². The Bertz CT molecular complexity index is 458. The van der Waals surface area contributed by atoms with E-state index >= 15 is 0 Å². The highest BCUT2D eigenvalue weighted by Crippen LogP contribution is 2.39. The summed E-state index contributed by atoms with van der Waals surface area (Å²) in [4.78, 5) is -0.682. The third kappa shape index (κ3) is 3.27. The normalized spacial score (nSPS) is 11.0. The van der Waals surface area contributed by atoms with Crippen molar-refractivity contribution in [2.24, 2.45) is 0 Å². The molecule has 1 aromatic rings. The number of rotatable bonds is 1. The number of hydrogen-bond donors (Lipinski definition) is 1. The van der Waals surface area contributed by atoms with E-state index in [1.54, 1.807) is 0 Å². The summed E-state index contributed by atoms with van der Waals surface area (Å²) in [6, 6.07) is 1.18. The van der Waals surface area contributed by atoms with Crippen molar-refractivity contribution in [1.82, 2.24) is 0 Å². The molecule has 0 aliphatic carbocycles. The van der Waals surface area contributed by atoms with Gasteiger partial charge in [0, 0.05) is 0 Å². The van der Waals surface area contributed by atoms with E-state index in [0.29, 0.717) is 0 Å². The zero-order valence-electron chi connectivity index (χ0n) is 6.67. The van der Waals surface area contributed by atoms with Crippen LogP contribution >= 0.6 is 58.8 Å². The average molecular weight is 332 g/mol. The molecule has 0 spiro atoms. The minimum Gasteiger partial charge on any atom is -0.282 e. The van der Waals surface area contributed by atoms with Crippen LogP contribution < -0.4 is 0 Å². The van der Waals surface area contributed by atoms with E-state index in [1.165, 1.54) is 6.07 Å². The second-order valence-electron chi connectivity index (χ2n) is 2.27. The molecule has 1 aromatic carbocycles. The first-order valence-electron chi connectivity index (χ1n) is 3.05. The maximum Gasteiger partial charge on any atom is 0.297 e. The summed E-state index contributed by atoms with van der Waals surface area (Å²) >= 11 is 22.2. The minimum absolute atomic E-state index is 0. The molecule has 3 nitrogen and oxygen atoms in total. The molecule has 0 aromatic heterocycles. The quantitative estimate of drug-likeness (QED) is 0.625. The minimum atomic E-state index is -4.54. The van der Waals surface area contributed by atoms with E-state index in [0.717, 1.165) is 0 Å². The average Bonchev–Trinajstić information content (AvgIpc) is 1.98. The van der Waals surface area contributed by atoms with Crippen LogP contribution in [0.4, 0.5) is 0 Å². The molecule has 0 unspecified atom stereocenters. The third-order valence-electron chi connectivity index (χ3n) is 1.33. The van der Waals surface area contributed by atoms with Crippen molar-refractivity contribution in [3.8, 4) is 0 Å². The Morgan fingerprint density at radius 1 is 1.00 bits per heavy atom. The van der Waals surface area contributed by atoms with Gasteiger partial charge in [0.2, 0.25) is 0 Å². The van der Waals surface area contributed by atoms with Crippen LogP contribution in [0.2, 0.25) is 20.1 Å². The van der Waals surface area contributed by atoms with Gasteiger partial charge in [-0.1, -0.05) is 46.4 Å². The molecule has 9 heteroatoms. The van der Waals surface area contributed by atoms with E-state index in [2.05, 4.69) is 0 Å². The highest BCUT2D eigenvalue weighted by molar-refractivity contribution is 7.86. The molecule has 0 amide bonds. The lowest BCUT2D eigenvalue weighted by molar-refractivity contribution is 0.483. The molecule has 0 saturated carbocycles. The van der Waals surface area contributed by atoms with Crippen LogP contribution in [0.25, 0.3) is 0 Å². The summed E-state index contributed by atoms with van der Waals surface area (Å²) in [7, 11) is -4.54. The van der Waals surface area contributed by atoms with Gasteiger partial charge in [-0.3, -0.25) is 4.55 Å². The fourth-order valence-corrected chi connectivity index (χ4v) is 2.96. The van der Waals surface area contributed by atoms with Crippen LogP contribution in [0.3, 0.4) is 0 Å². The Balaban J connectivity index is 0.00000196. The maximum absolute atomic E-state index is 10.8. The van der Waals surface area contributed by atoms with Crippen molar-refractivity contribution in [3.63, 3.8) is 0 Å². The smallest absolute Gasteiger partial charge is 0.282 e. The van der Waals surface area contributed by atoms with Crippen LogP contribution in [-0.4, -0.2) is 13.0 Å². The SMILES string of the molecule is Cl.O=S(=O)(O)c1c(Cl)c(Cl)cc(Cl)c1Cl. The fourth-order valence-electron chi connectivity index (χ4n) is 0.778. The van der Waals surface area contributed by atoms with Gasteiger partial charge in [-0.05, 0) is 6.07 Å². The summed E-state index contributed by atoms with van der Waals surface area (Å²) in [5.41, 5.74) is 0. The number of hydrogen-bond acceptors (Lipinski definition) is 2. The molecule has 0 radical (unpaired) electrons. The Morgan fingerprint density at radius 2 is 1.33 bits per heavy atom. The van der Waals surface area contributed by atoms with Crippen molar-refractivity contribution in [2.75, 3.05) is 0 Å². The predicted octanol–water partition coefficient (Wildman–Crippen LogP) is 3.97. The zero-order chi connectivity index (χ0) is 11.1. The molecule has 0 bridgehead atoms. The molecule has 0 aliphatic rings. The van der Waals surface area contributed by atoms with E-state index < -0.39 is 15.0 Å². The summed E-state index contributed by atoms with van der Waals surface area (Å²) in [6.45, 7) is 0. The van der Waals surface area contributed by atoms with Gasteiger partial charge < -0.3 is 0 Å². The van der Waals surface area contributed by atoms with Crippen LogP contribution in [-0.2, 0) is 10.1 Å². The van der Waals surface area contributed by atoms with Gasteiger partial charge in [-0.2, -0.15) is 8.42 Å². The number of halogens is 5. The zero-order valence-corrected chi connectivity index (χ0v) is 11.3. The van der Waals surface area contributed by atoms with Crippen molar-refractivity contribution in [3.05, 3.63) is 26.2 Å². The Hall–Kier alpha value is 0.580. The van der Waals surface area contributed by atoms with Gasteiger partial charge in [0.1, 0.15) is 4.90 Å². The highest BCUT2D eigenvalue weighted by atomic mass is 35.5. The Kier molecular flexibility index (Phi) is 5.48. The molecule has 0 saturated heterocycles. The molecule has 86 valence electrons. The molecule has 1 rings (SSSR count). The van der Waals surface area contributed by atoms with Gasteiger partial charge in [0.25, 0.3) is 10.1 Å². The molecule has 0 fully saturated rings. The second-order valence-corrected chi connectivity index (χ2v) is 5.20. The summed E-state index contributed by atoms with van der Waals surface area (Å²) in [5, 5.41) is -0.922. The van der Waals surface area contributed by atoms with Crippen molar-refractivity contribution >= 4 is 68.9 Å². The van der Waals surface area contributed by atoms with Gasteiger partial charge in [0.05, 0.1) is 20.1 Å². The molecule has 15 heavy (non-hydrogen) atoms. The van der Waals surface area contributed by atoms with Gasteiger partial charge in [-0.25, -0.2) is 0 Å². The van der Waals surface area contributed by atoms with Crippen molar-refractivity contribution < 1.29 is 13.0 Å². The largest absolute Gasteiger partial charge is 0.297 e. The van der Waals surface area contributed by atoms with Crippen LogP contribution in [0, 0.1) is 0 Å². The lowest BCUT2D eigenvalue weighted by atomic mass is 10.3. The lowest BCUT2D eigenvalue weighted by Crippen LogP contribution is -2.01. The van der Waals surface area contributed by atoms with Gasteiger partial charge in [-0.15, -0.1) is 12.4 Å². The summed E-state index contributed by atoms with van der Waals surface area (Å²) in [5.74, 6) is 0. The van der Waals surface area contributed by atoms with E-state index in [1.807, 2.05) is 0 Å². The highest BCUT2D eigenvalue weighted by Gasteiger charge is 2.23. The molecule has 0 heterocycles. The first-order valence-corrected chi connectivity index (χ1v) is 6.01. The molecule has 1 N–H and O–H groups in total. The first kappa shape index (κ1) is 15.6. The van der Waals surface area contributed by atoms with Crippen LogP contribution in [0.5, 0.6) is 0 Å². The van der Waals surface area contributed by atoms with E-state index in [-0.39, 0.29) is 32.5 Å². The predicted molar refractivity (Wildman–Crippen MR) is 63.5 cm³/mol. The lowest BCUT2D eigenvalue weighted by Gasteiger charge is -2.06. The second kappa shape index (κ2) is 5.27. The molecule has 0 atom stereocenters. The third-order valence-corrected chi connectivity index (χ3v) is 4.05. The van der Waals surface area contributed by atoms with Crippen LogP contribution in [0.15, 0.2) is 11.0 Å². The van der Waals surface area contributed by atoms with E-state index in [9.17, 15) is 8.42 Å². The maximum atomic E-state index is 10.8. The Morgan fingerprint density at radius 3 is 1.60 bits per heavy atom. The summed E-state index contributed by atoms with van der Waals surface area (Å²) in [6.07, 6.45) is 0. The standard InChI is InChI=1S/C6H2Cl4O3S.ClH/c7-2-1-3(8)5(10)6(4(2)9)14(11,12)13;/h1H,(H,11,12,13);1H. The molecular weight excluding hydrogens is 329 g/mol. The molecular formula is C6H3Cl5O3S. The van der Waals surface area contributed by atoms with Crippen molar-refractivity contribution in [2.45, 2.75) is 4.90 Å². The monoisotopic (exact) mass is 330 g/mol. The molecule has 0 aliphatic heterocycles. The van der Waals surface area contributed by atoms with E-state index in [4.69, 9.17) is 51.0 Å². The number of benzene rings is 1. The summed E-state index contributed by atoms with van der Waals surface area (Å²) < 4.78 is 30.5. The van der Waals surface area contributed by atoms with Crippen molar-refractivity contribution in [1.29, 1.82) is 0 Å². The van der Waals surface area contributed by atoms with Crippen LogP contribution in [0.1, 0.15) is 0 Å². The fraction of sp³-hybridized carbons (Fsp3) is 0. The first-order chi connectivity index (χ1) is 6.25. The Labute approximate surface area is 112 Å².